The van der Waals surface area contributed by atoms with Crippen LogP contribution in [0.4, 0.5) is 13.2 Å². The van der Waals surface area contributed by atoms with Crippen LogP contribution in [0.5, 0.6) is 11.5 Å². The topological polar surface area (TPSA) is 55.8 Å². The number of carboxylic acids is 1. The van der Waals surface area contributed by atoms with Gasteiger partial charge in [0.2, 0.25) is 0 Å². The number of carboxylic acid groups (broad SMARTS) is 1. The normalized spacial score (nSPS) is 11.4. The smallest absolute Gasteiger partial charge is 0.389 e. The summed E-state index contributed by atoms with van der Waals surface area (Å²) in [5.74, 6) is -0.0907. The molecule has 0 amide bonds. The minimum atomic E-state index is -4.06. The van der Waals surface area contributed by atoms with E-state index < -0.39 is 18.6 Å². The summed E-state index contributed by atoms with van der Waals surface area (Å²) in [4.78, 5) is 11.5. The average molecular weight is 453 g/mol. The monoisotopic (exact) mass is 452 g/mol. The molecule has 0 aliphatic heterocycles. The fourth-order valence-corrected chi connectivity index (χ4v) is 3.54. The van der Waals surface area contributed by atoms with E-state index in [1.807, 2.05) is 30.3 Å². The molecule has 0 radical (unpaired) electrons. The third-order valence-corrected chi connectivity index (χ3v) is 5.23. The number of alkyl halides is 3. The fourth-order valence-electron chi connectivity index (χ4n) is 3.54. The lowest BCUT2D eigenvalue weighted by Gasteiger charge is -2.16. The minimum absolute atomic E-state index is 0.147. The Morgan fingerprint density at radius 3 is 2.16 bits per heavy atom. The molecule has 0 saturated carbocycles. The summed E-state index contributed by atoms with van der Waals surface area (Å²) < 4.78 is 47.9. The van der Waals surface area contributed by atoms with E-state index in [-0.39, 0.29) is 12.0 Å². The van der Waals surface area contributed by atoms with Crippen LogP contribution in [0, 0.1) is 0 Å². The molecule has 2 aromatic rings. The van der Waals surface area contributed by atoms with Gasteiger partial charge in [-0.05, 0) is 42.5 Å². The second-order valence-electron chi connectivity index (χ2n) is 7.84. The van der Waals surface area contributed by atoms with Crippen LogP contribution in [0.2, 0.25) is 0 Å². The van der Waals surface area contributed by atoms with Crippen LogP contribution in [0.15, 0.2) is 42.5 Å². The summed E-state index contributed by atoms with van der Waals surface area (Å²) in [5, 5.41) is 9.42. The third kappa shape index (κ3) is 9.20. The summed E-state index contributed by atoms with van der Waals surface area (Å²) in [6.07, 6.45) is 1.01. The Labute approximate surface area is 187 Å². The number of carbonyl (C=O) groups is 1. The number of ether oxygens (including phenoxy) is 2. The van der Waals surface area contributed by atoms with Gasteiger partial charge >= 0.3 is 12.1 Å². The molecule has 0 heterocycles. The Kier molecular flexibility index (Phi) is 10.4. The molecule has 0 aromatic heterocycles. The highest BCUT2D eigenvalue weighted by Gasteiger charge is 2.25. The second kappa shape index (κ2) is 13.0. The van der Waals surface area contributed by atoms with Crippen molar-refractivity contribution in [3.63, 3.8) is 0 Å². The zero-order valence-corrected chi connectivity index (χ0v) is 18.4. The summed E-state index contributed by atoms with van der Waals surface area (Å²) in [6, 6.07) is 12.8. The largest absolute Gasteiger partial charge is 0.493 e. The predicted molar refractivity (Wildman–Crippen MR) is 117 cm³/mol. The van der Waals surface area contributed by atoms with Gasteiger partial charge in [0.25, 0.3) is 0 Å². The van der Waals surface area contributed by atoms with Crippen molar-refractivity contribution in [3.8, 4) is 11.5 Å². The van der Waals surface area contributed by atoms with Crippen molar-refractivity contribution < 1.29 is 32.5 Å². The summed E-state index contributed by atoms with van der Waals surface area (Å²) in [5.41, 5.74) is 1.92. The van der Waals surface area contributed by atoms with Crippen molar-refractivity contribution in [3.05, 3.63) is 59.2 Å². The van der Waals surface area contributed by atoms with Crippen LogP contribution >= 0.6 is 0 Å². The molecule has 4 nitrogen and oxygen atoms in total. The predicted octanol–water partition coefficient (Wildman–Crippen LogP) is 7.20. The lowest BCUT2D eigenvalue weighted by atomic mass is 10.0. The van der Waals surface area contributed by atoms with E-state index in [2.05, 4.69) is 0 Å². The average Bonchev–Trinajstić information content (AvgIpc) is 2.76. The van der Waals surface area contributed by atoms with Crippen LogP contribution in [0.25, 0.3) is 0 Å². The van der Waals surface area contributed by atoms with E-state index in [9.17, 15) is 23.1 Å². The lowest BCUT2D eigenvalue weighted by Crippen LogP contribution is -2.06. The number of halogens is 3. The van der Waals surface area contributed by atoms with Gasteiger partial charge < -0.3 is 14.6 Å². The highest BCUT2D eigenvalue weighted by molar-refractivity contribution is 5.89. The standard InChI is InChI=1S/C25H31F3O4/c1-31-22-17-21(24(29)30)16-20(23(22)32-18-19-12-8-7-9-13-19)14-10-5-3-2-4-6-11-15-25(26,27)28/h7-9,12-13,16-17H,2-6,10-11,14-15,18H2,1H3,(H,29,30). The van der Waals surface area contributed by atoms with Gasteiger partial charge in [0.1, 0.15) is 6.61 Å². The molecule has 32 heavy (non-hydrogen) atoms. The van der Waals surface area contributed by atoms with Crippen molar-refractivity contribution in [2.45, 2.75) is 70.6 Å². The lowest BCUT2D eigenvalue weighted by molar-refractivity contribution is -0.135. The van der Waals surface area contributed by atoms with Crippen molar-refractivity contribution in [1.29, 1.82) is 0 Å². The molecule has 7 heteroatoms. The SMILES string of the molecule is COc1cc(C(=O)O)cc(CCCCCCCCCC(F)(F)F)c1OCc1ccccc1. The molecule has 0 saturated heterocycles. The molecule has 0 unspecified atom stereocenters. The Balaban J connectivity index is 1.90. The molecular weight excluding hydrogens is 421 g/mol. The van der Waals surface area contributed by atoms with E-state index in [4.69, 9.17) is 9.47 Å². The van der Waals surface area contributed by atoms with Crippen LogP contribution in [-0.4, -0.2) is 24.4 Å². The first-order chi connectivity index (χ1) is 15.3. The third-order valence-electron chi connectivity index (χ3n) is 5.23. The first-order valence-electron chi connectivity index (χ1n) is 11.0. The van der Waals surface area contributed by atoms with Gasteiger partial charge in [0.15, 0.2) is 11.5 Å². The van der Waals surface area contributed by atoms with Gasteiger partial charge in [0, 0.05) is 6.42 Å². The number of hydrogen-bond donors (Lipinski definition) is 1. The zero-order valence-electron chi connectivity index (χ0n) is 18.4. The first kappa shape index (κ1) is 25.6. The number of hydrogen-bond acceptors (Lipinski definition) is 3. The van der Waals surface area contributed by atoms with Gasteiger partial charge in [-0.2, -0.15) is 13.2 Å². The van der Waals surface area contributed by atoms with E-state index >= 15 is 0 Å². The quantitative estimate of drug-likeness (QED) is 0.308. The molecule has 0 fully saturated rings. The molecule has 2 rings (SSSR count). The number of methoxy groups -OCH3 is 1. The van der Waals surface area contributed by atoms with Crippen LogP contribution in [0.3, 0.4) is 0 Å². The Hall–Kier alpha value is -2.70. The van der Waals surface area contributed by atoms with Gasteiger partial charge in [-0.15, -0.1) is 0 Å². The molecular formula is C25H31F3O4. The van der Waals surface area contributed by atoms with E-state index in [1.54, 1.807) is 6.07 Å². The molecule has 0 aliphatic carbocycles. The molecule has 0 atom stereocenters. The summed E-state index contributed by atoms with van der Waals surface area (Å²) in [7, 11) is 1.49. The van der Waals surface area contributed by atoms with Crippen molar-refractivity contribution >= 4 is 5.97 Å². The number of rotatable bonds is 14. The molecule has 0 spiro atoms. The van der Waals surface area contributed by atoms with E-state index in [1.165, 1.54) is 13.2 Å². The van der Waals surface area contributed by atoms with Crippen LogP contribution in [0.1, 0.15) is 72.9 Å². The Bertz CT molecular complexity index is 835. The number of unbranched alkanes of at least 4 members (excludes halogenated alkanes) is 6. The van der Waals surface area contributed by atoms with Crippen molar-refractivity contribution in [1.82, 2.24) is 0 Å². The molecule has 1 N–H and O–H groups in total. The maximum Gasteiger partial charge on any atom is 0.389 e. The van der Waals surface area contributed by atoms with Crippen molar-refractivity contribution in [2.75, 3.05) is 7.11 Å². The second-order valence-corrected chi connectivity index (χ2v) is 7.84. The van der Waals surface area contributed by atoms with Crippen LogP contribution in [-0.2, 0) is 13.0 Å². The van der Waals surface area contributed by atoms with Crippen LogP contribution < -0.4 is 9.47 Å². The Morgan fingerprint density at radius 1 is 0.938 bits per heavy atom. The van der Waals surface area contributed by atoms with Crippen molar-refractivity contribution in [2.24, 2.45) is 0 Å². The van der Waals surface area contributed by atoms with Gasteiger partial charge in [-0.25, -0.2) is 4.79 Å². The Morgan fingerprint density at radius 2 is 1.56 bits per heavy atom. The molecule has 0 aliphatic rings. The number of aryl methyl sites for hydroxylation is 1. The maximum absolute atomic E-state index is 12.2. The maximum atomic E-state index is 12.2. The molecule has 2 aromatic carbocycles. The van der Waals surface area contributed by atoms with Gasteiger partial charge in [-0.1, -0.05) is 62.4 Å². The highest BCUT2D eigenvalue weighted by Crippen LogP contribution is 2.35. The van der Waals surface area contributed by atoms with Gasteiger partial charge in [0.05, 0.1) is 12.7 Å². The molecule has 0 bridgehead atoms. The highest BCUT2D eigenvalue weighted by atomic mass is 19.4. The summed E-state index contributed by atoms with van der Waals surface area (Å²) >= 11 is 0. The molecule has 176 valence electrons. The minimum Gasteiger partial charge on any atom is -0.493 e. The number of aromatic carboxylic acids is 1. The fraction of sp³-hybridized carbons (Fsp3) is 0.480. The summed E-state index contributed by atoms with van der Waals surface area (Å²) in [6.45, 7) is 0.342. The number of benzene rings is 2. The van der Waals surface area contributed by atoms with E-state index in [0.29, 0.717) is 30.9 Å². The first-order valence-corrected chi connectivity index (χ1v) is 11.0. The zero-order chi connectivity index (χ0) is 23.4. The van der Waals surface area contributed by atoms with E-state index in [0.717, 1.165) is 43.2 Å². The van der Waals surface area contributed by atoms with Gasteiger partial charge in [-0.3, -0.25) is 0 Å².